The van der Waals surface area contributed by atoms with E-state index >= 15 is 0 Å². The first kappa shape index (κ1) is 18.1. The number of alkyl halides is 3. The average Bonchev–Trinajstić information content (AvgIpc) is 3.02. The fourth-order valence-corrected chi connectivity index (χ4v) is 2.73. The molecule has 0 amide bonds. The van der Waals surface area contributed by atoms with Gasteiger partial charge in [0.15, 0.2) is 0 Å². The molecule has 6 heteroatoms. The van der Waals surface area contributed by atoms with E-state index in [1.54, 1.807) is 24.3 Å². The molecular formula is C17H24F3NO2. The molecule has 1 atom stereocenters. The molecule has 1 aromatic carbocycles. The van der Waals surface area contributed by atoms with Crippen LogP contribution < -0.4 is 4.74 Å². The molecule has 1 saturated heterocycles. The molecule has 1 aliphatic rings. The molecule has 0 aliphatic carbocycles. The summed E-state index contributed by atoms with van der Waals surface area (Å²) in [6, 6.07) is 6.94. The third-order valence-corrected chi connectivity index (χ3v) is 4.06. The quantitative estimate of drug-likeness (QED) is 0.733. The molecule has 130 valence electrons. The van der Waals surface area contributed by atoms with Gasteiger partial charge >= 0.3 is 6.18 Å². The molecule has 1 N–H and O–H groups in total. The number of ether oxygens (including phenoxy) is 1. The molecule has 1 fully saturated rings. The van der Waals surface area contributed by atoms with Gasteiger partial charge in [0.2, 0.25) is 0 Å². The first-order valence-electron chi connectivity index (χ1n) is 8.14. The Morgan fingerprint density at radius 3 is 2.39 bits per heavy atom. The van der Waals surface area contributed by atoms with Crippen molar-refractivity contribution in [1.82, 2.24) is 4.90 Å². The Morgan fingerprint density at radius 1 is 1.13 bits per heavy atom. The predicted molar refractivity (Wildman–Crippen MR) is 82.5 cm³/mol. The normalized spacial score (nSPS) is 17.4. The third-order valence-electron chi connectivity index (χ3n) is 4.06. The number of likely N-dealkylation sites (tertiary alicyclic amines) is 1. The molecule has 1 aliphatic heterocycles. The van der Waals surface area contributed by atoms with E-state index in [4.69, 9.17) is 4.74 Å². The summed E-state index contributed by atoms with van der Waals surface area (Å²) in [6.07, 6.45) is -2.38. The zero-order valence-electron chi connectivity index (χ0n) is 13.2. The van der Waals surface area contributed by atoms with Crippen molar-refractivity contribution in [3.63, 3.8) is 0 Å². The Balaban J connectivity index is 1.70. The summed E-state index contributed by atoms with van der Waals surface area (Å²) in [5.41, 5.74) is 0.812. The van der Waals surface area contributed by atoms with Crippen molar-refractivity contribution in [2.45, 2.75) is 44.4 Å². The van der Waals surface area contributed by atoms with Crippen LogP contribution in [0.2, 0.25) is 0 Å². The minimum Gasteiger partial charge on any atom is -0.494 e. The zero-order valence-corrected chi connectivity index (χ0v) is 13.2. The largest absolute Gasteiger partial charge is 0.494 e. The molecule has 1 heterocycles. The lowest BCUT2D eigenvalue weighted by molar-refractivity contribution is -0.136. The second kappa shape index (κ2) is 8.55. The van der Waals surface area contributed by atoms with Crippen molar-refractivity contribution in [3.8, 4) is 5.75 Å². The SMILES string of the molecule is O[C@@H](CCN1CCCC1)c1ccc(OCCCC(F)(F)F)cc1. The van der Waals surface area contributed by atoms with Crippen molar-refractivity contribution in [3.05, 3.63) is 29.8 Å². The highest BCUT2D eigenvalue weighted by molar-refractivity contribution is 5.28. The molecule has 2 rings (SSSR count). The van der Waals surface area contributed by atoms with Gasteiger partial charge in [0.25, 0.3) is 0 Å². The highest BCUT2D eigenvalue weighted by atomic mass is 19.4. The zero-order chi connectivity index (χ0) is 16.7. The number of nitrogens with zero attached hydrogens (tertiary/aromatic N) is 1. The minimum atomic E-state index is -4.13. The molecule has 23 heavy (non-hydrogen) atoms. The summed E-state index contributed by atoms with van der Waals surface area (Å²) >= 11 is 0. The van der Waals surface area contributed by atoms with E-state index in [1.807, 2.05) is 0 Å². The van der Waals surface area contributed by atoms with Crippen molar-refractivity contribution in [1.29, 1.82) is 0 Å². The Labute approximate surface area is 135 Å². The van der Waals surface area contributed by atoms with Gasteiger partial charge < -0.3 is 14.7 Å². The number of benzene rings is 1. The van der Waals surface area contributed by atoms with Crippen molar-refractivity contribution in [2.75, 3.05) is 26.2 Å². The van der Waals surface area contributed by atoms with Gasteiger partial charge in [0, 0.05) is 13.0 Å². The molecule has 0 unspecified atom stereocenters. The maximum absolute atomic E-state index is 12.0. The maximum Gasteiger partial charge on any atom is 0.389 e. The number of hydrogen-bond donors (Lipinski definition) is 1. The predicted octanol–water partition coefficient (Wildman–Crippen LogP) is 3.93. The lowest BCUT2D eigenvalue weighted by atomic mass is 10.1. The minimum absolute atomic E-state index is 0.0381. The van der Waals surface area contributed by atoms with Crippen LogP contribution in [0.15, 0.2) is 24.3 Å². The van der Waals surface area contributed by atoms with Crippen molar-refractivity contribution in [2.24, 2.45) is 0 Å². The fourth-order valence-electron chi connectivity index (χ4n) is 2.73. The molecule has 1 aromatic rings. The lowest BCUT2D eigenvalue weighted by Crippen LogP contribution is -2.22. The van der Waals surface area contributed by atoms with Crippen LogP contribution >= 0.6 is 0 Å². The average molecular weight is 331 g/mol. The van der Waals surface area contributed by atoms with Gasteiger partial charge in [-0.2, -0.15) is 13.2 Å². The molecule has 0 bridgehead atoms. The fraction of sp³-hybridized carbons (Fsp3) is 0.647. The van der Waals surface area contributed by atoms with Gasteiger partial charge in [-0.15, -0.1) is 0 Å². The van der Waals surface area contributed by atoms with E-state index in [9.17, 15) is 18.3 Å². The Morgan fingerprint density at radius 2 is 1.78 bits per heavy atom. The number of aliphatic hydroxyl groups excluding tert-OH is 1. The summed E-state index contributed by atoms with van der Waals surface area (Å²) in [5, 5.41) is 10.2. The summed E-state index contributed by atoms with van der Waals surface area (Å²) in [6.45, 7) is 3.14. The monoisotopic (exact) mass is 331 g/mol. The summed E-state index contributed by atoms with van der Waals surface area (Å²) in [4.78, 5) is 2.35. The maximum atomic E-state index is 12.0. The Hall–Kier alpha value is -1.27. The molecule has 0 saturated carbocycles. The van der Waals surface area contributed by atoms with Crippen LogP contribution in [0.3, 0.4) is 0 Å². The van der Waals surface area contributed by atoms with Gasteiger partial charge in [0.05, 0.1) is 12.7 Å². The van der Waals surface area contributed by atoms with Crippen LogP contribution in [0.4, 0.5) is 13.2 Å². The number of rotatable bonds is 8. The van der Waals surface area contributed by atoms with Gasteiger partial charge in [-0.1, -0.05) is 12.1 Å². The first-order valence-corrected chi connectivity index (χ1v) is 8.14. The second-order valence-corrected chi connectivity index (χ2v) is 5.99. The van der Waals surface area contributed by atoms with E-state index in [1.165, 1.54) is 12.8 Å². The van der Waals surface area contributed by atoms with E-state index in [0.717, 1.165) is 25.2 Å². The van der Waals surface area contributed by atoms with Crippen LogP contribution in [0.1, 0.15) is 43.8 Å². The molecule has 0 aromatic heterocycles. The van der Waals surface area contributed by atoms with Crippen LogP contribution in [0.25, 0.3) is 0 Å². The van der Waals surface area contributed by atoms with Crippen molar-refractivity contribution < 1.29 is 23.0 Å². The van der Waals surface area contributed by atoms with E-state index in [0.29, 0.717) is 12.2 Å². The highest BCUT2D eigenvalue weighted by Crippen LogP contribution is 2.23. The summed E-state index contributed by atoms with van der Waals surface area (Å²) in [5.74, 6) is 0.530. The van der Waals surface area contributed by atoms with Gasteiger partial charge in [-0.25, -0.2) is 0 Å². The molecule has 3 nitrogen and oxygen atoms in total. The summed E-state index contributed by atoms with van der Waals surface area (Å²) in [7, 11) is 0. The van der Waals surface area contributed by atoms with Crippen LogP contribution in [0.5, 0.6) is 5.75 Å². The van der Waals surface area contributed by atoms with Gasteiger partial charge in [-0.05, 0) is 56.5 Å². The number of halogens is 3. The van der Waals surface area contributed by atoms with Crippen LogP contribution in [0, 0.1) is 0 Å². The lowest BCUT2D eigenvalue weighted by Gasteiger charge is -2.18. The molecule has 0 radical (unpaired) electrons. The molecular weight excluding hydrogens is 307 g/mol. The highest BCUT2D eigenvalue weighted by Gasteiger charge is 2.26. The Bertz CT molecular complexity index is 456. The van der Waals surface area contributed by atoms with E-state index in [2.05, 4.69) is 4.90 Å². The standard InChI is InChI=1S/C17H24F3NO2/c18-17(19,20)9-3-13-23-15-6-4-14(5-7-15)16(22)8-12-21-10-1-2-11-21/h4-7,16,22H,1-3,8-13H2/t16-/m0/s1. The number of aliphatic hydroxyl groups is 1. The van der Waals surface area contributed by atoms with Crippen LogP contribution in [-0.4, -0.2) is 42.4 Å². The topological polar surface area (TPSA) is 32.7 Å². The van der Waals surface area contributed by atoms with Gasteiger partial charge in [0.1, 0.15) is 5.75 Å². The number of hydrogen-bond acceptors (Lipinski definition) is 3. The molecule has 0 spiro atoms. The van der Waals surface area contributed by atoms with Crippen LogP contribution in [-0.2, 0) is 0 Å². The first-order chi connectivity index (χ1) is 10.9. The van der Waals surface area contributed by atoms with Gasteiger partial charge in [-0.3, -0.25) is 0 Å². The van der Waals surface area contributed by atoms with E-state index < -0.39 is 18.7 Å². The van der Waals surface area contributed by atoms with E-state index in [-0.39, 0.29) is 13.0 Å². The smallest absolute Gasteiger partial charge is 0.389 e. The van der Waals surface area contributed by atoms with Crippen molar-refractivity contribution >= 4 is 0 Å². The third kappa shape index (κ3) is 6.79. The second-order valence-electron chi connectivity index (χ2n) is 5.99. The summed E-state index contributed by atoms with van der Waals surface area (Å²) < 4.78 is 41.4. The Kier molecular flexibility index (Phi) is 6.72.